The van der Waals surface area contributed by atoms with Gasteiger partial charge in [0.05, 0.1) is 26.6 Å². The molecule has 2 aromatic rings. The molecule has 0 aliphatic carbocycles. The highest BCUT2D eigenvalue weighted by molar-refractivity contribution is 14.1. The summed E-state index contributed by atoms with van der Waals surface area (Å²) in [5.41, 5.74) is 0.896. The normalized spacial score (nSPS) is 10.7. The standard InChI is InChI=1S/C14H15ClIN3OS/c1-17-14-13(16)10(7-20-2)18-12(19-14)8-21-11-6-4-3-5-9(11)15/h3-6H,7-8H2,1-2H3,(H,17,18,19). The van der Waals surface area contributed by atoms with E-state index in [1.165, 1.54) is 0 Å². The van der Waals surface area contributed by atoms with Crippen LogP contribution in [0.25, 0.3) is 0 Å². The van der Waals surface area contributed by atoms with E-state index in [1.807, 2.05) is 31.3 Å². The molecule has 1 heterocycles. The van der Waals surface area contributed by atoms with Gasteiger partial charge in [0.15, 0.2) is 0 Å². The van der Waals surface area contributed by atoms with E-state index in [1.54, 1.807) is 18.9 Å². The second-order valence-electron chi connectivity index (χ2n) is 4.15. The lowest BCUT2D eigenvalue weighted by atomic mass is 10.4. The number of benzene rings is 1. The molecule has 0 saturated carbocycles. The highest BCUT2D eigenvalue weighted by Gasteiger charge is 2.12. The van der Waals surface area contributed by atoms with Gasteiger partial charge in [0.1, 0.15) is 11.6 Å². The molecule has 1 aromatic carbocycles. The molecule has 1 N–H and O–H groups in total. The van der Waals surface area contributed by atoms with E-state index in [9.17, 15) is 0 Å². The van der Waals surface area contributed by atoms with Crippen LogP contribution in [0, 0.1) is 3.57 Å². The maximum atomic E-state index is 6.16. The average molecular weight is 436 g/mol. The van der Waals surface area contributed by atoms with E-state index < -0.39 is 0 Å². The van der Waals surface area contributed by atoms with Gasteiger partial charge in [0, 0.05) is 19.1 Å². The Bertz CT molecular complexity index is 627. The number of hydrogen-bond acceptors (Lipinski definition) is 5. The van der Waals surface area contributed by atoms with Gasteiger partial charge < -0.3 is 10.1 Å². The first-order chi connectivity index (χ1) is 10.2. The quantitative estimate of drug-likeness (QED) is 0.544. The van der Waals surface area contributed by atoms with Crippen molar-refractivity contribution in [2.45, 2.75) is 17.3 Å². The van der Waals surface area contributed by atoms with Gasteiger partial charge in [-0.05, 0) is 34.7 Å². The van der Waals surface area contributed by atoms with Crippen molar-refractivity contribution in [2.24, 2.45) is 0 Å². The molecule has 0 amide bonds. The summed E-state index contributed by atoms with van der Waals surface area (Å²) < 4.78 is 6.18. The number of aromatic nitrogens is 2. The molecule has 0 unspecified atom stereocenters. The topological polar surface area (TPSA) is 47.0 Å². The second-order valence-corrected chi connectivity index (χ2v) is 6.65. The van der Waals surface area contributed by atoms with Crippen LogP contribution in [-0.2, 0) is 17.1 Å². The van der Waals surface area contributed by atoms with Crippen LogP contribution in [0.15, 0.2) is 29.2 Å². The smallest absolute Gasteiger partial charge is 0.143 e. The fraction of sp³-hybridized carbons (Fsp3) is 0.286. The molecule has 0 saturated heterocycles. The molecule has 0 fully saturated rings. The summed E-state index contributed by atoms with van der Waals surface area (Å²) in [7, 11) is 3.52. The summed E-state index contributed by atoms with van der Waals surface area (Å²) in [4.78, 5) is 10.1. The molecule has 0 atom stereocenters. The number of thioether (sulfide) groups is 1. The Kier molecular flexibility index (Phi) is 6.53. The van der Waals surface area contributed by atoms with Gasteiger partial charge in [-0.2, -0.15) is 0 Å². The number of ether oxygens (including phenoxy) is 1. The van der Waals surface area contributed by atoms with Crippen LogP contribution in [0.4, 0.5) is 5.82 Å². The Morgan fingerprint density at radius 2 is 2.10 bits per heavy atom. The van der Waals surface area contributed by atoms with Crippen molar-refractivity contribution in [3.63, 3.8) is 0 Å². The zero-order valence-corrected chi connectivity index (χ0v) is 15.4. The van der Waals surface area contributed by atoms with Crippen molar-refractivity contribution in [1.82, 2.24) is 9.97 Å². The van der Waals surface area contributed by atoms with Crippen LogP contribution < -0.4 is 5.32 Å². The van der Waals surface area contributed by atoms with Gasteiger partial charge in [-0.3, -0.25) is 0 Å². The largest absolute Gasteiger partial charge is 0.378 e. The Morgan fingerprint density at radius 1 is 1.33 bits per heavy atom. The molecule has 0 aliphatic heterocycles. The van der Waals surface area contributed by atoms with Crippen molar-refractivity contribution in [1.29, 1.82) is 0 Å². The predicted molar refractivity (Wildman–Crippen MR) is 96.0 cm³/mol. The van der Waals surface area contributed by atoms with Gasteiger partial charge in [-0.1, -0.05) is 23.7 Å². The Balaban J connectivity index is 2.20. The minimum absolute atomic E-state index is 0.471. The van der Waals surface area contributed by atoms with E-state index >= 15 is 0 Å². The molecule has 21 heavy (non-hydrogen) atoms. The first-order valence-corrected chi connectivity index (χ1v) is 8.69. The molecule has 7 heteroatoms. The molecule has 1 aromatic heterocycles. The summed E-state index contributed by atoms with van der Waals surface area (Å²) in [6.45, 7) is 0.471. The SMILES string of the molecule is CNc1nc(CSc2ccccc2Cl)nc(COC)c1I. The Labute approximate surface area is 147 Å². The van der Waals surface area contributed by atoms with Gasteiger partial charge in [-0.25, -0.2) is 9.97 Å². The lowest BCUT2D eigenvalue weighted by Crippen LogP contribution is -2.07. The maximum Gasteiger partial charge on any atom is 0.143 e. The lowest BCUT2D eigenvalue weighted by molar-refractivity contribution is 0.180. The number of hydrogen-bond donors (Lipinski definition) is 1. The van der Waals surface area contributed by atoms with Crippen LogP contribution in [0.3, 0.4) is 0 Å². The highest BCUT2D eigenvalue weighted by Crippen LogP contribution is 2.29. The van der Waals surface area contributed by atoms with Gasteiger partial charge in [0.2, 0.25) is 0 Å². The zero-order valence-electron chi connectivity index (χ0n) is 11.7. The number of halogens is 2. The Morgan fingerprint density at radius 3 is 2.76 bits per heavy atom. The fourth-order valence-corrected chi connectivity index (χ4v) is 3.47. The number of rotatable bonds is 6. The number of anilines is 1. The molecule has 0 radical (unpaired) electrons. The summed E-state index contributed by atoms with van der Waals surface area (Å²) in [5, 5.41) is 3.84. The third kappa shape index (κ3) is 4.45. The van der Waals surface area contributed by atoms with E-state index in [0.29, 0.717) is 12.4 Å². The Hall–Kier alpha value is -0.570. The van der Waals surface area contributed by atoms with E-state index in [-0.39, 0.29) is 0 Å². The van der Waals surface area contributed by atoms with Crippen LogP contribution in [0.1, 0.15) is 11.5 Å². The lowest BCUT2D eigenvalue weighted by Gasteiger charge is -2.11. The number of nitrogens with zero attached hydrogens (tertiary/aromatic N) is 2. The first-order valence-electron chi connectivity index (χ1n) is 6.25. The average Bonchev–Trinajstić information content (AvgIpc) is 2.49. The van der Waals surface area contributed by atoms with Gasteiger partial charge >= 0.3 is 0 Å². The maximum absolute atomic E-state index is 6.16. The minimum atomic E-state index is 0.471. The van der Waals surface area contributed by atoms with Crippen LogP contribution >= 0.6 is 46.0 Å². The summed E-state index contributed by atoms with van der Waals surface area (Å²) in [5.74, 6) is 2.25. The van der Waals surface area contributed by atoms with Crippen LogP contribution in [0.5, 0.6) is 0 Å². The molecule has 112 valence electrons. The van der Waals surface area contributed by atoms with Crippen molar-refractivity contribution in [3.05, 3.63) is 44.4 Å². The highest BCUT2D eigenvalue weighted by atomic mass is 127. The molecule has 4 nitrogen and oxygen atoms in total. The monoisotopic (exact) mass is 435 g/mol. The van der Waals surface area contributed by atoms with Crippen molar-refractivity contribution < 1.29 is 4.74 Å². The van der Waals surface area contributed by atoms with E-state index in [2.05, 4.69) is 37.9 Å². The number of nitrogens with one attached hydrogen (secondary N) is 1. The summed E-state index contributed by atoms with van der Waals surface area (Å²) >= 11 is 10.0. The third-order valence-corrected chi connectivity index (χ3v) is 5.32. The zero-order chi connectivity index (χ0) is 15.2. The van der Waals surface area contributed by atoms with Gasteiger partial charge in [-0.15, -0.1) is 11.8 Å². The molecular formula is C14H15ClIN3OS. The molecular weight excluding hydrogens is 421 g/mol. The van der Waals surface area contributed by atoms with Crippen molar-refractivity contribution in [2.75, 3.05) is 19.5 Å². The van der Waals surface area contributed by atoms with Crippen LogP contribution in [0.2, 0.25) is 5.02 Å². The molecule has 0 spiro atoms. The second kappa shape index (κ2) is 8.17. The van der Waals surface area contributed by atoms with Gasteiger partial charge in [0.25, 0.3) is 0 Å². The predicted octanol–water partition coefficient (Wildman–Crippen LogP) is 4.22. The number of methoxy groups -OCH3 is 1. The fourth-order valence-electron chi connectivity index (χ4n) is 1.71. The summed E-state index contributed by atoms with van der Waals surface area (Å²) in [6, 6.07) is 7.77. The van der Waals surface area contributed by atoms with E-state index in [4.69, 9.17) is 16.3 Å². The molecule has 0 bridgehead atoms. The summed E-state index contributed by atoms with van der Waals surface area (Å²) in [6.07, 6.45) is 0. The van der Waals surface area contributed by atoms with E-state index in [0.717, 1.165) is 30.8 Å². The van der Waals surface area contributed by atoms with Crippen LogP contribution in [-0.4, -0.2) is 24.1 Å². The third-order valence-electron chi connectivity index (χ3n) is 2.68. The molecule has 2 rings (SSSR count). The van der Waals surface area contributed by atoms with Crippen molar-refractivity contribution >= 4 is 51.8 Å². The first kappa shape index (κ1) is 16.8. The molecule has 0 aliphatic rings. The minimum Gasteiger partial charge on any atom is -0.378 e. The van der Waals surface area contributed by atoms with Crippen molar-refractivity contribution in [3.8, 4) is 0 Å².